The van der Waals surface area contributed by atoms with Gasteiger partial charge in [-0.3, -0.25) is 4.79 Å². The molecule has 20 atom stereocenters. The van der Waals surface area contributed by atoms with Crippen molar-refractivity contribution >= 4 is 5.97 Å². The summed E-state index contributed by atoms with van der Waals surface area (Å²) in [6.45, 7) is 16.1. The number of esters is 1. The Labute approximate surface area is 367 Å². The van der Waals surface area contributed by atoms with E-state index < -0.39 is 90.8 Å². The van der Waals surface area contributed by atoms with Gasteiger partial charge >= 0.3 is 5.97 Å². The van der Waals surface area contributed by atoms with Crippen molar-refractivity contribution in [2.45, 2.75) is 191 Å². The van der Waals surface area contributed by atoms with Crippen LogP contribution in [0.1, 0.15) is 93.9 Å². The van der Waals surface area contributed by atoms with Crippen LogP contribution in [-0.2, 0) is 52.2 Å². The van der Waals surface area contributed by atoms with E-state index in [1.165, 1.54) is 0 Å². The largest absolute Gasteiger partial charge is 0.462 e. The molecule has 6 heterocycles. The Morgan fingerprint density at radius 1 is 0.887 bits per heavy atom. The molecule has 14 nitrogen and oxygen atoms in total. The number of methoxy groups -OCH3 is 2. The molecule has 0 aromatic heterocycles. The maximum absolute atomic E-state index is 14.3. The zero-order valence-electron chi connectivity index (χ0n) is 38.2. The lowest BCUT2D eigenvalue weighted by Gasteiger charge is -2.48. The molecule has 0 unspecified atom stereocenters. The third kappa shape index (κ3) is 9.64. The normalized spacial score (nSPS) is 47.0. The molecule has 7 rings (SSSR count). The van der Waals surface area contributed by atoms with E-state index in [4.69, 9.17) is 47.4 Å². The molecular weight excluding hydrogens is 801 g/mol. The maximum atomic E-state index is 14.3. The molecule has 0 saturated carbocycles. The van der Waals surface area contributed by atoms with Crippen LogP contribution in [0.3, 0.4) is 0 Å². The lowest BCUT2D eigenvalue weighted by Crippen LogP contribution is -2.58. The summed E-state index contributed by atoms with van der Waals surface area (Å²) in [5.41, 5.74) is 0.134. The Kier molecular flexibility index (Phi) is 15.1. The third-order valence-corrected chi connectivity index (χ3v) is 14.5. The van der Waals surface area contributed by atoms with Crippen LogP contribution in [0.2, 0.25) is 0 Å². The molecule has 1 spiro atoms. The second-order valence-corrected chi connectivity index (χ2v) is 19.0. The summed E-state index contributed by atoms with van der Waals surface area (Å²) >= 11 is 0. The average Bonchev–Trinajstić information content (AvgIpc) is 3.58. The van der Waals surface area contributed by atoms with Crippen molar-refractivity contribution in [3.8, 4) is 0 Å². The first-order valence-corrected chi connectivity index (χ1v) is 22.9. The molecule has 62 heavy (non-hydrogen) atoms. The van der Waals surface area contributed by atoms with Gasteiger partial charge in [-0.1, -0.05) is 70.6 Å². The van der Waals surface area contributed by atoms with E-state index in [1.807, 2.05) is 32.1 Å². The second kappa shape index (κ2) is 19.7. The number of aliphatic hydroxyl groups excluding tert-OH is 2. The zero-order chi connectivity index (χ0) is 44.7. The van der Waals surface area contributed by atoms with Crippen LogP contribution in [0, 0.1) is 23.7 Å². The monoisotopic (exact) mass is 872 g/mol. The topological polar surface area (TPSA) is 170 Å². The summed E-state index contributed by atoms with van der Waals surface area (Å²) in [4.78, 5) is 14.3. The molecule has 0 aromatic carbocycles. The van der Waals surface area contributed by atoms with E-state index in [0.717, 1.165) is 12.0 Å². The lowest BCUT2D eigenvalue weighted by atomic mass is 9.71. The van der Waals surface area contributed by atoms with Gasteiger partial charge in [0.25, 0.3) is 0 Å². The van der Waals surface area contributed by atoms with E-state index in [-0.39, 0.29) is 42.7 Å². The van der Waals surface area contributed by atoms with Crippen LogP contribution in [0.15, 0.2) is 59.3 Å². The fourth-order valence-corrected chi connectivity index (χ4v) is 10.6. The van der Waals surface area contributed by atoms with Crippen molar-refractivity contribution < 1.29 is 67.5 Å². The average molecular weight is 873 g/mol. The highest BCUT2D eigenvalue weighted by molar-refractivity contribution is 5.78. The number of rotatable bonds is 8. The second-order valence-electron chi connectivity index (χ2n) is 19.0. The molecule has 0 aromatic rings. The van der Waals surface area contributed by atoms with Crippen LogP contribution in [0.25, 0.3) is 0 Å². The molecule has 3 N–H and O–H groups in total. The summed E-state index contributed by atoms with van der Waals surface area (Å²) < 4.78 is 63.7. The van der Waals surface area contributed by atoms with Crippen molar-refractivity contribution in [2.75, 3.05) is 20.8 Å². The molecule has 2 bridgehead atoms. The number of carbonyl (C=O) groups is 1. The van der Waals surface area contributed by atoms with Crippen LogP contribution >= 0.6 is 0 Å². The van der Waals surface area contributed by atoms with Crippen molar-refractivity contribution in [3.63, 3.8) is 0 Å². The standard InChI is InChI=1S/C48H72O14/c1-11-25(2)43-28(5)17-18-47(62-43)23-34-20-33(61-47)16-15-27(4)42(26(3)13-12-14-32-24-55-45-40(49)29(6)19-35(46(51)58-34)48(32,45)52)59-39-22-37(54-10)44(31(8)57-39)60-38-21-36(53-9)41(50)30(7)56-38/h12-15,17-19,25-26,28,30-31,33-45,49-50,52H,11,16,20-24H2,1-10H3/t25-,26-,28-,30-,31-,33+,34-,35+,36-,37-,38-,39-,40+,41-,42-,43+,44-,45+,47+,48+/m0/s1. The quantitative estimate of drug-likeness (QED) is 0.210. The molecule has 4 fully saturated rings. The van der Waals surface area contributed by atoms with E-state index in [2.05, 4.69) is 39.8 Å². The number of aliphatic hydroxyl groups is 3. The Bertz CT molecular complexity index is 1730. The first-order chi connectivity index (χ1) is 29.5. The van der Waals surface area contributed by atoms with Crippen LogP contribution in [-0.4, -0.2) is 139 Å². The highest BCUT2D eigenvalue weighted by Gasteiger charge is 2.60. The number of ether oxygens (including phenoxy) is 10. The summed E-state index contributed by atoms with van der Waals surface area (Å²) in [5.74, 6) is -2.56. The smallest absolute Gasteiger partial charge is 0.316 e. The van der Waals surface area contributed by atoms with Crippen LogP contribution < -0.4 is 0 Å². The van der Waals surface area contributed by atoms with Gasteiger partial charge in [-0.2, -0.15) is 0 Å². The van der Waals surface area contributed by atoms with Crippen molar-refractivity contribution in [1.29, 1.82) is 0 Å². The third-order valence-electron chi connectivity index (χ3n) is 14.5. The van der Waals surface area contributed by atoms with Crippen molar-refractivity contribution in [3.05, 3.63) is 59.3 Å². The number of allylic oxidation sites excluding steroid dienone is 2. The van der Waals surface area contributed by atoms with E-state index >= 15 is 0 Å². The van der Waals surface area contributed by atoms with E-state index in [0.29, 0.717) is 43.3 Å². The van der Waals surface area contributed by atoms with Gasteiger partial charge in [0, 0.05) is 51.7 Å². The molecule has 6 aliphatic heterocycles. The van der Waals surface area contributed by atoms with Gasteiger partial charge < -0.3 is 62.7 Å². The first kappa shape index (κ1) is 47.6. The number of hydrogen-bond acceptors (Lipinski definition) is 14. The Morgan fingerprint density at radius 2 is 1.60 bits per heavy atom. The van der Waals surface area contributed by atoms with Gasteiger partial charge in [0.05, 0.1) is 49.3 Å². The number of fused-ring (bicyclic) bond motifs is 2. The highest BCUT2D eigenvalue weighted by Crippen LogP contribution is 2.47. The molecule has 14 heteroatoms. The lowest BCUT2D eigenvalue weighted by molar-refractivity contribution is -0.318. The SMILES string of the molecule is CC[C@H](C)[C@H]1O[C@]2(C=C[C@@H]1C)C[C@@H]1C[C@@H](CC=C(C)[C@@H](O[C@H]3C[C@H](OC)[C@@H](O[C@H]4C[C@H](OC)[C@@H](O)[C@H](C)O4)[C@H](C)O3)[C@@H](C)C=CC=C3CO[C@@H]4[C@H](O)C(C)=C[C@H](C(=O)O1)[C@]34O)O2. The molecule has 0 radical (unpaired) electrons. The van der Waals surface area contributed by atoms with E-state index in [1.54, 1.807) is 40.2 Å². The molecule has 7 aliphatic rings. The highest BCUT2D eigenvalue weighted by atomic mass is 16.7. The van der Waals surface area contributed by atoms with Crippen LogP contribution in [0.4, 0.5) is 0 Å². The van der Waals surface area contributed by atoms with Gasteiger partial charge in [-0.25, -0.2) is 0 Å². The van der Waals surface area contributed by atoms with Gasteiger partial charge in [0.1, 0.15) is 42.0 Å². The molecule has 348 valence electrons. The first-order valence-electron chi connectivity index (χ1n) is 22.9. The maximum Gasteiger partial charge on any atom is 0.316 e. The summed E-state index contributed by atoms with van der Waals surface area (Å²) in [7, 11) is 3.22. The fourth-order valence-electron chi connectivity index (χ4n) is 10.6. The van der Waals surface area contributed by atoms with Gasteiger partial charge in [-0.05, 0) is 62.8 Å². The summed E-state index contributed by atoms with van der Waals surface area (Å²) in [6, 6.07) is 0. The van der Waals surface area contributed by atoms with Gasteiger partial charge in [0.15, 0.2) is 18.4 Å². The summed E-state index contributed by atoms with van der Waals surface area (Å²) in [5, 5.41) is 34.2. The predicted molar refractivity (Wildman–Crippen MR) is 227 cm³/mol. The van der Waals surface area contributed by atoms with Crippen molar-refractivity contribution in [1.82, 2.24) is 0 Å². The Hall–Kier alpha value is -2.31. The minimum atomic E-state index is -1.84. The van der Waals surface area contributed by atoms with E-state index in [9.17, 15) is 20.1 Å². The Morgan fingerprint density at radius 3 is 2.32 bits per heavy atom. The minimum Gasteiger partial charge on any atom is -0.462 e. The summed E-state index contributed by atoms with van der Waals surface area (Å²) in [6.07, 6.45) is 8.55. The van der Waals surface area contributed by atoms with Crippen molar-refractivity contribution in [2.24, 2.45) is 23.7 Å². The molecule has 0 amide bonds. The minimum absolute atomic E-state index is 0.0317. The number of carbonyl (C=O) groups excluding carboxylic acids is 1. The predicted octanol–water partition coefficient (Wildman–Crippen LogP) is 5.38. The molecule has 4 saturated heterocycles. The fraction of sp³-hybridized carbons (Fsp3) is 0.771. The van der Waals surface area contributed by atoms with Crippen LogP contribution in [0.5, 0.6) is 0 Å². The Balaban J connectivity index is 1.18. The van der Waals surface area contributed by atoms with Gasteiger partial charge in [-0.15, -0.1) is 0 Å². The zero-order valence-corrected chi connectivity index (χ0v) is 38.2. The van der Waals surface area contributed by atoms with Gasteiger partial charge in [0.2, 0.25) is 0 Å². The molecular formula is C48H72O14. The molecule has 1 aliphatic carbocycles. The number of hydrogen-bond donors (Lipinski definition) is 3.